The molecule has 0 saturated carbocycles. The number of benzene rings is 1. The Bertz CT molecular complexity index is 320. The lowest BCUT2D eigenvalue weighted by molar-refractivity contribution is -0.120. The van der Waals surface area contributed by atoms with Crippen molar-refractivity contribution >= 4 is 5.91 Å². The van der Waals surface area contributed by atoms with Crippen molar-refractivity contribution in [2.24, 2.45) is 0 Å². The third-order valence-electron chi connectivity index (χ3n) is 2.32. The van der Waals surface area contributed by atoms with Gasteiger partial charge in [0.1, 0.15) is 5.82 Å². The normalized spacial score (nSPS) is 21.6. The number of carbonyl (C=O) groups excluding carboxylic acids is 1. The van der Waals surface area contributed by atoms with Gasteiger partial charge in [-0.3, -0.25) is 4.79 Å². The Morgan fingerprint density at radius 2 is 2.00 bits per heavy atom. The molecule has 1 aliphatic heterocycles. The minimum atomic E-state index is -0.262. The van der Waals surface area contributed by atoms with Crippen LogP contribution >= 0.6 is 0 Å². The molecule has 0 aliphatic carbocycles. The summed E-state index contributed by atoms with van der Waals surface area (Å²) in [6, 6.07) is 6.12. The highest BCUT2D eigenvalue weighted by atomic mass is 19.1. The van der Waals surface area contributed by atoms with Gasteiger partial charge in [0.2, 0.25) is 5.91 Å². The molecule has 0 bridgehead atoms. The highest BCUT2D eigenvalue weighted by Gasteiger charge is 2.25. The van der Waals surface area contributed by atoms with E-state index in [2.05, 4.69) is 5.32 Å². The monoisotopic (exact) mass is 179 g/mol. The van der Waals surface area contributed by atoms with Gasteiger partial charge >= 0.3 is 0 Å². The first kappa shape index (κ1) is 8.23. The van der Waals surface area contributed by atoms with Gasteiger partial charge in [-0.2, -0.15) is 0 Å². The molecule has 68 valence electrons. The number of nitrogens with one attached hydrogen (secondary N) is 1. The average Bonchev–Trinajstić information content (AvgIpc) is 2.53. The number of carbonyl (C=O) groups is 1. The Morgan fingerprint density at radius 3 is 2.54 bits per heavy atom. The van der Waals surface area contributed by atoms with E-state index in [1.807, 2.05) is 0 Å². The number of hydrogen-bond acceptors (Lipinski definition) is 1. The van der Waals surface area contributed by atoms with E-state index in [0.29, 0.717) is 0 Å². The lowest BCUT2D eigenvalue weighted by Gasteiger charge is -2.05. The summed E-state index contributed by atoms with van der Waals surface area (Å²) < 4.78 is 12.6. The van der Waals surface area contributed by atoms with E-state index in [-0.39, 0.29) is 17.6 Å². The fraction of sp³-hybridized carbons (Fsp3) is 0.300. The van der Waals surface area contributed by atoms with Crippen LogP contribution in [0, 0.1) is 5.82 Å². The standard InChI is InChI=1S/C10H10FNO/c11-8-3-1-7(2-4-8)9-5-6-12-10(9)13/h1-4,9H,5-6H2,(H,12,13). The Hall–Kier alpha value is -1.38. The summed E-state index contributed by atoms with van der Waals surface area (Å²) in [5, 5.41) is 2.75. The van der Waals surface area contributed by atoms with Crippen LogP contribution in [-0.2, 0) is 4.79 Å². The highest BCUT2D eigenvalue weighted by molar-refractivity contribution is 5.85. The van der Waals surface area contributed by atoms with Crippen LogP contribution in [-0.4, -0.2) is 12.5 Å². The van der Waals surface area contributed by atoms with E-state index >= 15 is 0 Å². The zero-order valence-electron chi connectivity index (χ0n) is 7.09. The fourth-order valence-corrected chi connectivity index (χ4v) is 1.61. The zero-order chi connectivity index (χ0) is 9.26. The zero-order valence-corrected chi connectivity index (χ0v) is 7.09. The van der Waals surface area contributed by atoms with Gasteiger partial charge in [0.15, 0.2) is 0 Å². The average molecular weight is 179 g/mol. The molecular formula is C10H10FNO. The summed E-state index contributed by atoms with van der Waals surface area (Å²) >= 11 is 0. The third-order valence-corrected chi connectivity index (χ3v) is 2.32. The first-order chi connectivity index (χ1) is 6.27. The molecule has 1 aromatic rings. The maximum atomic E-state index is 12.6. The van der Waals surface area contributed by atoms with Crippen molar-refractivity contribution in [3.63, 3.8) is 0 Å². The third kappa shape index (κ3) is 1.54. The van der Waals surface area contributed by atoms with E-state index in [1.54, 1.807) is 12.1 Å². The predicted octanol–water partition coefficient (Wildman–Crippen LogP) is 1.43. The van der Waals surface area contributed by atoms with E-state index in [0.717, 1.165) is 18.5 Å². The first-order valence-electron chi connectivity index (χ1n) is 4.30. The molecule has 1 atom stereocenters. The van der Waals surface area contributed by atoms with Crippen molar-refractivity contribution in [3.05, 3.63) is 35.6 Å². The van der Waals surface area contributed by atoms with Crippen molar-refractivity contribution < 1.29 is 9.18 Å². The van der Waals surface area contributed by atoms with Gasteiger partial charge in [0, 0.05) is 6.54 Å². The van der Waals surface area contributed by atoms with Crippen molar-refractivity contribution in [3.8, 4) is 0 Å². The van der Waals surface area contributed by atoms with Crippen LogP contribution in [0.3, 0.4) is 0 Å². The quantitative estimate of drug-likeness (QED) is 0.694. The van der Waals surface area contributed by atoms with Crippen molar-refractivity contribution in [2.75, 3.05) is 6.54 Å². The molecule has 1 fully saturated rings. The molecule has 1 heterocycles. The van der Waals surface area contributed by atoms with Crippen LogP contribution in [0.25, 0.3) is 0 Å². The van der Waals surface area contributed by atoms with Gasteiger partial charge in [-0.25, -0.2) is 4.39 Å². The molecule has 2 rings (SSSR count). The number of rotatable bonds is 1. The van der Waals surface area contributed by atoms with Crippen LogP contribution in [0.4, 0.5) is 4.39 Å². The van der Waals surface area contributed by atoms with Crippen molar-refractivity contribution in [1.29, 1.82) is 0 Å². The fourth-order valence-electron chi connectivity index (χ4n) is 1.61. The summed E-state index contributed by atoms with van der Waals surface area (Å²) in [4.78, 5) is 11.3. The summed E-state index contributed by atoms with van der Waals surface area (Å²) in [7, 11) is 0. The van der Waals surface area contributed by atoms with E-state index in [9.17, 15) is 9.18 Å². The van der Waals surface area contributed by atoms with Gasteiger partial charge in [0.25, 0.3) is 0 Å². The van der Waals surface area contributed by atoms with Gasteiger partial charge in [-0.15, -0.1) is 0 Å². The van der Waals surface area contributed by atoms with Crippen LogP contribution in [0.15, 0.2) is 24.3 Å². The highest BCUT2D eigenvalue weighted by Crippen LogP contribution is 2.23. The van der Waals surface area contributed by atoms with Crippen LogP contribution in [0.2, 0.25) is 0 Å². The summed E-state index contributed by atoms with van der Waals surface area (Å²) in [6.07, 6.45) is 0.810. The van der Waals surface area contributed by atoms with Gasteiger partial charge in [0.05, 0.1) is 5.92 Å². The Morgan fingerprint density at radius 1 is 1.31 bits per heavy atom. The van der Waals surface area contributed by atoms with E-state index in [4.69, 9.17) is 0 Å². The molecule has 0 radical (unpaired) electrons. The molecule has 1 unspecified atom stereocenters. The maximum absolute atomic E-state index is 12.6. The maximum Gasteiger partial charge on any atom is 0.227 e. The minimum Gasteiger partial charge on any atom is -0.356 e. The molecule has 1 N–H and O–H groups in total. The number of amides is 1. The van der Waals surface area contributed by atoms with Gasteiger partial charge in [-0.1, -0.05) is 12.1 Å². The lowest BCUT2D eigenvalue weighted by Crippen LogP contribution is -2.17. The molecule has 1 aliphatic rings. The largest absolute Gasteiger partial charge is 0.356 e. The number of hydrogen-bond donors (Lipinski definition) is 1. The molecular weight excluding hydrogens is 169 g/mol. The van der Waals surface area contributed by atoms with E-state index < -0.39 is 0 Å². The predicted molar refractivity (Wildman–Crippen MR) is 46.8 cm³/mol. The molecule has 3 heteroatoms. The lowest BCUT2D eigenvalue weighted by atomic mass is 9.98. The van der Waals surface area contributed by atoms with Crippen molar-refractivity contribution in [1.82, 2.24) is 5.32 Å². The van der Waals surface area contributed by atoms with Crippen LogP contribution in [0.5, 0.6) is 0 Å². The second-order valence-electron chi connectivity index (χ2n) is 3.18. The van der Waals surface area contributed by atoms with Crippen LogP contribution in [0.1, 0.15) is 17.9 Å². The number of halogens is 1. The molecule has 1 amide bonds. The molecule has 0 spiro atoms. The summed E-state index contributed by atoms with van der Waals surface area (Å²) in [6.45, 7) is 0.723. The SMILES string of the molecule is O=C1NCCC1c1ccc(F)cc1. The molecule has 1 aromatic carbocycles. The smallest absolute Gasteiger partial charge is 0.227 e. The topological polar surface area (TPSA) is 29.1 Å². The van der Waals surface area contributed by atoms with Crippen molar-refractivity contribution in [2.45, 2.75) is 12.3 Å². The molecule has 0 aromatic heterocycles. The Labute approximate surface area is 75.8 Å². The summed E-state index contributed by atoms with van der Waals surface area (Å²) in [5.74, 6) is -0.297. The first-order valence-corrected chi connectivity index (χ1v) is 4.30. The molecule has 1 saturated heterocycles. The second-order valence-corrected chi connectivity index (χ2v) is 3.18. The van der Waals surface area contributed by atoms with Crippen LogP contribution < -0.4 is 5.32 Å². The minimum absolute atomic E-state index is 0.0478. The summed E-state index contributed by atoms with van der Waals surface area (Å²) in [5.41, 5.74) is 0.899. The second kappa shape index (κ2) is 3.17. The van der Waals surface area contributed by atoms with E-state index in [1.165, 1.54) is 12.1 Å². The Kier molecular flexibility index (Phi) is 2.00. The van der Waals surface area contributed by atoms with Gasteiger partial charge in [-0.05, 0) is 24.1 Å². The molecule has 2 nitrogen and oxygen atoms in total. The molecule has 13 heavy (non-hydrogen) atoms. The van der Waals surface area contributed by atoms with Gasteiger partial charge < -0.3 is 5.32 Å². The Balaban J connectivity index is 2.25.